The minimum absolute atomic E-state index is 0.0282. The standard InChI is InChI=1S/C14H17BrINO2/c1-17(6-7-19-9-10-2-3-10)14(18)12-8-11(16)4-5-13(12)15/h4-5,8,10H,2-3,6-7,9H2,1H3. The van der Waals surface area contributed by atoms with E-state index in [0.717, 1.165) is 20.6 Å². The van der Waals surface area contributed by atoms with Gasteiger partial charge in [0.1, 0.15) is 0 Å². The summed E-state index contributed by atoms with van der Waals surface area (Å²) in [6, 6.07) is 5.78. The number of nitrogens with zero attached hydrogens (tertiary/aromatic N) is 1. The summed E-state index contributed by atoms with van der Waals surface area (Å²) < 4.78 is 7.46. The molecule has 0 atom stereocenters. The number of benzene rings is 1. The number of hydrogen-bond acceptors (Lipinski definition) is 2. The maximum absolute atomic E-state index is 12.3. The fraction of sp³-hybridized carbons (Fsp3) is 0.500. The third-order valence-electron chi connectivity index (χ3n) is 3.13. The number of likely N-dealkylation sites (N-methyl/N-ethyl adjacent to an activating group) is 1. The molecule has 0 spiro atoms. The Bertz CT molecular complexity index is 463. The molecule has 0 bridgehead atoms. The van der Waals surface area contributed by atoms with E-state index in [-0.39, 0.29) is 5.91 Å². The summed E-state index contributed by atoms with van der Waals surface area (Å²) in [7, 11) is 1.81. The van der Waals surface area contributed by atoms with Crippen molar-refractivity contribution in [3.63, 3.8) is 0 Å². The van der Waals surface area contributed by atoms with E-state index in [4.69, 9.17) is 4.74 Å². The van der Waals surface area contributed by atoms with Crippen LogP contribution in [0.1, 0.15) is 23.2 Å². The van der Waals surface area contributed by atoms with Gasteiger partial charge in [0.25, 0.3) is 5.91 Å². The summed E-state index contributed by atoms with van der Waals surface area (Å²) in [5.41, 5.74) is 0.705. The van der Waals surface area contributed by atoms with E-state index in [0.29, 0.717) is 18.7 Å². The van der Waals surface area contributed by atoms with E-state index >= 15 is 0 Å². The fourth-order valence-corrected chi connectivity index (χ4v) is 2.61. The second-order valence-electron chi connectivity index (χ2n) is 4.87. The predicted octanol–water partition coefficient (Wildman–Crippen LogP) is 3.55. The predicted molar refractivity (Wildman–Crippen MR) is 87.4 cm³/mol. The van der Waals surface area contributed by atoms with Gasteiger partial charge in [-0.25, -0.2) is 0 Å². The van der Waals surface area contributed by atoms with Crippen LogP contribution < -0.4 is 0 Å². The Morgan fingerprint density at radius 2 is 2.26 bits per heavy atom. The molecule has 0 aliphatic heterocycles. The molecule has 0 N–H and O–H groups in total. The second kappa shape index (κ2) is 7.04. The highest BCUT2D eigenvalue weighted by Crippen LogP contribution is 2.28. The van der Waals surface area contributed by atoms with Crippen molar-refractivity contribution in [1.29, 1.82) is 0 Å². The first-order valence-corrected chi connectivity index (χ1v) is 8.23. The molecule has 1 fully saturated rings. The average Bonchev–Trinajstić information content (AvgIpc) is 3.20. The maximum atomic E-state index is 12.3. The molecule has 104 valence electrons. The Morgan fingerprint density at radius 1 is 1.53 bits per heavy atom. The van der Waals surface area contributed by atoms with Crippen LogP contribution in [0, 0.1) is 9.49 Å². The van der Waals surface area contributed by atoms with Crippen molar-refractivity contribution in [2.75, 3.05) is 26.8 Å². The molecule has 0 unspecified atom stereocenters. The molecule has 3 nitrogen and oxygen atoms in total. The average molecular weight is 438 g/mol. The largest absolute Gasteiger partial charge is 0.379 e. The Labute approximate surface area is 136 Å². The molecule has 5 heteroatoms. The van der Waals surface area contributed by atoms with Crippen molar-refractivity contribution >= 4 is 44.4 Å². The summed E-state index contributed by atoms with van der Waals surface area (Å²) in [6.45, 7) is 2.08. The van der Waals surface area contributed by atoms with Crippen LogP contribution in [0.25, 0.3) is 0 Å². The quantitative estimate of drug-likeness (QED) is 0.503. The summed E-state index contributed by atoms with van der Waals surface area (Å²) in [4.78, 5) is 14.0. The lowest BCUT2D eigenvalue weighted by atomic mass is 10.2. The van der Waals surface area contributed by atoms with Gasteiger partial charge in [-0.05, 0) is 75.5 Å². The molecule has 2 rings (SSSR count). The highest BCUT2D eigenvalue weighted by molar-refractivity contribution is 14.1. The minimum Gasteiger partial charge on any atom is -0.379 e. The molecule has 0 heterocycles. The number of halogens is 2. The van der Waals surface area contributed by atoms with Gasteiger partial charge in [0.2, 0.25) is 0 Å². The van der Waals surface area contributed by atoms with Crippen LogP contribution in [0.3, 0.4) is 0 Å². The Balaban J connectivity index is 1.84. The van der Waals surface area contributed by atoms with Crippen LogP contribution in [0.5, 0.6) is 0 Å². The van der Waals surface area contributed by atoms with E-state index in [1.807, 2.05) is 25.2 Å². The first kappa shape index (κ1) is 15.3. The summed E-state index contributed by atoms with van der Waals surface area (Å²) in [6.07, 6.45) is 2.59. The highest BCUT2D eigenvalue weighted by atomic mass is 127. The topological polar surface area (TPSA) is 29.5 Å². The van der Waals surface area contributed by atoms with E-state index in [9.17, 15) is 4.79 Å². The Morgan fingerprint density at radius 3 is 2.95 bits per heavy atom. The van der Waals surface area contributed by atoms with Gasteiger partial charge in [-0.2, -0.15) is 0 Å². The van der Waals surface area contributed by atoms with Gasteiger partial charge >= 0.3 is 0 Å². The first-order chi connectivity index (χ1) is 9.08. The summed E-state index contributed by atoms with van der Waals surface area (Å²) >= 11 is 5.64. The Hall–Kier alpha value is -0.140. The smallest absolute Gasteiger partial charge is 0.254 e. The molecule has 0 radical (unpaired) electrons. The molecule has 19 heavy (non-hydrogen) atoms. The lowest BCUT2D eigenvalue weighted by molar-refractivity contribution is 0.0680. The van der Waals surface area contributed by atoms with Crippen LogP contribution in [0.2, 0.25) is 0 Å². The SMILES string of the molecule is CN(CCOCC1CC1)C(=O)c1cc(I)ccc1Br. The van der Waals surface area contributed by atoms with Gasteiger partial charge in [0.05, 0.1) is 12.2 Å². The minimum atomic E-state index is 0.0282. The zero-order chi connectivity index (χ0) is 13.8. The van der Waals surface area contributed by atoms with Crippen LogP contribution in [0.4, 0.5) is 0 Å². The van der Waals surface area contributed by atoms with Gasteiger partial charge in [0, 0.05) is 28.2 Å². The number of ether oxygens (including phenoxy) is 1. The summed E-state index contributed by atoms with van der Waals surface area (Å²) in [5.74, 6) is 0.797. The summed E-state index contributed by atoms with van der Waals surface area (Å²) in [5, 5.41) is 0. The van der Waals surface area contributed by atoms with Crippen molar-refractivity contribution in [2.24, 2.45) is 5.92 Å². The third-order valence-corrected chi connectivity index (χ3v) is 4.49. The van der Waals surface area contributed by atoms with Gasteiger partial charge < -0.3 is 9.64 Å². The van der Waals surface area contributed by atoms with Crippen molar-refractivity contribution in [3.05, 3.63) is 31.8 Å². The van der Waals surface area contributed by atoms with E-state index < -0.39 is 0 Å². The molecule has 0 aromatic heterocycles. The number of rotatable bonds is 6. The van der Waals surface area contributed by atoms with E-state index in [1.165, 1.54) is 12.8 Å². The van der Waals surface area contributed by atoms with E-state index in [1.54, 1.807) is 4.90 Å². The van der Waals surface area contributed by atoms with Crippen LogP contribution in [0.15, 0.2) is 22.7 Å². The lowest BCUT2D eigenvalue weighted by Gasteiger charge is -2.18. The maximum Gasteiger partial charge on any atom is 0.254 e. The van der Waals surface area contributed by atoms with Crippen molar-refractivity contribution in [3.8, 4) is 0 Å². The lowest BCUT2D eigenvalue weighted by Crippen LogP contribution is -2.30. The molecule has 1 amide bonds. The fourth-order valence-electron chi connectivity index (χ4n) is 1.70. The molecule has 0 saturated heterocycles. The van der Waals surface area contributed by atoms with Crippen molar-refractivity contribution < 1.29 is 9.53 Å². The number of amides is 1. The molecular weight excluding hydrogens is 421 g/mol. The highest BCUT2D eigenvalue weighted by Gasteiger charge is 2.21. The van der Waals surface area contributed by atoms with Gasteiger partial charge in [-0.1, -0.05) is 0 Å². The third kappa shape index (κ3) is 4.72. The molecule has 1 aromatic rings. The van der Waals surface area contributed by atoms with Crippen molar-refractivity contribution in [2.45, 2.75) is 12.8 Å². The molecule has 1 aliphatic carbocycles. The molecule has 1 aromatic carbocycles. The molecule has 1 saturated carbocycles. The number of hydrogen-bond donors (Lipinski definition) is 0. The first-order valence-electron chi connectivity index (χ1n) is 6.36. The van der Waals surface area contributed by atoms with Crippen LogP contribution >= 0.6 is 38.5 Å². The second-order valence-corrected chi connectivity index (χ2v) is 6.97. The van der Waals surface area contributed by atoms with E-state index in [2.05, 4.69) is 38.5 Å². The van der Waals surface area contributed by atoms with Crippen LogP contribution in [-0.2, 0) is 4.74 Å². The van der Waals surface area contributed by atoms with Crippen LogP contribution in [-0.4, -0.2) is 37.6 Å². The molecular formula is C14H17BrINO2. The number of carbonyl (C=O) groups is 1. The Kier molecular flexibility index (Phi) is 5.65. The van der Waals surface area contributed by atoms with Gasteiger partial charge in [-0.3, -0.25) is 4.79 Å². The van der Waals surface area contributed by atoms with Gasteiger partial charge in [-0.15, -0.1) is 0 Å². The zero-order valence-electron chi connectivity index (χ0n) is 10.9. The monoisotopic (exact) mass is 437 g/mol. The molecule has 1 aliphatic rings. The normalized spacial score (nSPS) is 14.5. The van der Waals surface area contributed by atoms with Gasteiger partial charge in [0.15, 0.2) is 0 Å². The zero-order valence-corrected chi connectivity index (χ0v) is 14.6. The number of carbonyl (C=O) groups excluding carboxylic acids is 1. The van der Waals surface area contributed by atoms with Crippen molar-refractivity contribution in [1.82, 2.24) is 4.90 Å².